The van der Waals surface area contributed by atoms with Crippen molar-refractivity contribution in [2.75, 3.05) is 33.5 Å². The number of para-hydroxylation sites is 1. The number of ether oxygens (including phenoxy) is 5. The standard InChI is InChI=1S/C48H43N3O9/c1-54-38-14-9-10-33(28-38)32-58-48-46(53)41-15-5-6-16-43(41)60-47(48)35-17-19-37(20-18-35)57-27-26-55-25-23-51-31-36(49-50-51)13-7-8-24-56-39-21-22-40-42(52)30-44(59-45(40)29-39)34-11-3-2-4-12-34/h2-6,9-12,14-22,28-31H,7-8,13,23-27,32H2,1H3. The number of methoxy groups -OCH3 is 1. The first-order valence-electron chi connectivity index (χ1n) is 19.8. The molecule has 0 radical (unpaired) electrons. The Morgan fingerprint density at radius 1 is 0.633 bits per heavy atom. The van der Waals surface area contributed by atoms with Crippen molar-refractivity contribution in [2.24, 2.45) is 0 Å². The highest BCUT2D eigenvalue weighted by molar-refractivity contribution is 5.82. The minimum atomic E-state index is -0.244. The highest BCUT2D eigenvalue weighted by Gasteiger charge is 2.18. The van der Waals surface area contributed by atoms with Crippen molar-refractivity contribution in [3.05, 3.63) is 165 Å². The average Bonchev–Trinajstić information content (AvgIpc) is 3.75. The highest BCUT2D eigenvalue weighted by atomic mass is 16.5. The van der Waals surface area contributed by atoms with Gasteiger partial charge in [0.25, 0.3) is 0 Å². The monoisotopic (exact) mass is 805 g/mol. The predicted octanol–water partition coefficient (Wildman–Crippen LogP) is 8.91. The van der Waals surface area contributed by atoms with Crippen molar-refractivity contribution < 1.29 is 32.5 Å². The van der Waals surface area contributed by atoms with E-state index < -0.39 is 0 Å². The van der Waals surface area contributed by atoms with Gasteiger partial charge >= 0.3 is 0 Å². The summed E-state index contributed by atoms with van der Waals surface area (Å²) in [5, 5.41) is 9.50. The molecule has 8 rings (SSSR count). The Morgan fingerprint density at radius 2 is 1.45 bits per heavy atom. The molecule has 0 saturated heterocycles. The molecule has 0 fully saturated rings. The molecular weight excluding hydrogens is 763 g/mol. The van der Waals surface area contributed by atoms with Gasteiger partial charge in [-0.05, 0) is 85.5 Å². The fourth-order valence-electron chi connectivity index (χ4n) is 6.68. The van der Waals surface area contributed by atoms with E-state index >= 15 is 0 Å². The van der Waals surface area contributed by atoms with E-state index in [2.05, 4.69) is 10.3 Å². The van der Waals surface area contributed by atoms with E-state index in [0.717, 1.165) is 36.1 Å². The molecule has 0 amide bonds. The van der Waals surface area contributed by atoms with Crippen LogP contribution in [0.1, 0.15) is 24.1 Å². The number of nitrogens with zero attached hydrogens (tertiary/aromatic N) is 3. The summed E-state index contributed by atoms with van der Waals surface area (Å²) in [6.45, 7) is 2.45. The van der Waals surface area contributed by atoms with Crippen molar-refractivity contribution in [2.45, 2.75) is 32.4 Å². The number of hydrogen-bond acceptors (Lipinski definition) is 11. The topological polar surface area (TPSA) is 137 Å². The molecule has 0 saturated carbocycles. The number of hydrogen-bond donors (Lipinski definition) is 0. The normalized spacial score (nSPS) is 11.2. The van der Waals surface area contributed by atoms with E-state index in [-0.39, 0.29) is 23.2 Å². The fourth-order valence-corrected chi connectivity index (χ4v) is 6.68. The Kier molecular flexibility index (Phi) is 12.6. The Bertz CT molecular complexity index is 2800. The van der Waals surface area contributed by atoms with Crippen LogP contribution in [-0.2, 0) is 24.3 Å². The van der Waals surface area contributed by atoms with Gasteiger partial charge in [-0.15, -0.1) is 5.10 Å². The summed E-state index contributed by atoms with van der Waals surface area (Å²) >= 11 is 0. The lowest BCUT2D eigenvalue weighted by Crippen LogP contribution is -2.12. The molecule has 60 heavy (non-hydrogen) atoms. The van der Waals surface area contributed by atoms with Gasteiger partial charge in [-0.25, -0.2) is 4.68 Å². The second-order valence-electron chi connectivity index (χ2n) is 14.0. The maximum absolute atomic E-state index is 13.6. The van der Waals surface area contributed by atoms with E-state index in [1.807, 2.05) is 91.1 Å². The molecule has 5 aromatic carbocycles. The molecule has 0 N–H and O–H groups in total. The van der Waals surface area contributed by atoms with Gasteiger partial charge in [-0.3, -0.25) is 9.59 Å². The summed E-state index contributed by atoms with van der Waals surface area (Å²) in [6, 6.07) is 38.3. The zero-order chi connectivity index (χ0) is 41.1. The van der Waals surface area contributed by atoms with Crippen LogP contribution in [0.3, 0.4) is 0 Å². The molecule has 0 unspecified atom stereocenters. The molecule has 304 valence electrons. The fraction of sp³-hybridized carbons (Fsp3) is 0.208. The van der Waals surface area contributed by atoms with Crippen LogP contribution in [0, 0.1) is 0 Å². The van der Waals surface area contributed by atoms with E-state index in [1.54, 1.807) is 48.2 Å². The van der Waals surface area contributed by atoms with Crippen molar-refractivity contribution in [3.8, 4) is 45.6 Å². The molecule has 3 aromatic heterocycles. The van der Waals surface area contributed by atoms with Gasteiger partial charge in [-0.2, -0.15) is 0 Å². The number of benzene rings is 5. The Balaban J connectivity index is 0.757. The lowest BCUT2D eigenvalue weighted by molar-refractivity contribution is 0.0923. The summed E-state index contributed by atoms with van der Waals surface area (Å²) in [7, 11) is 1.61. The van der Waals surface area contributed by atoms with Crippen molar-refractivity contribution >= 4 is 21.9 Å². The molecule has 0 aliphatic carbocycles. The van der Waals surface area contributed by atoms with Crippen LogP contribution in [-0.4, -0.2) is 48.5 Å². The number of unbranched alkanes of at least 4 members (excludes halogenated alkanes) is 1. The molecule has 12 heteroatoms. The molecule has 8 aromatic rings. The first-order chi connectivity index (χ1) is 29.5. The van der Waals surface area contributed by atoms with Crippen LogP contribution in [0.25, 0.3) is 44.6 Å². The van der Waals surface area contributed by atoms with Gasteiger partial charge in [0.15, 0.2) is 11.2 Å². The molecule has 3 heterocycles. The molecule has 0 aliphatic rings. The Labute approximate surface area is 345 Å². The Morgan fingerprint density at radius 3 is 2.32 bits per heavy atom. The van der Waals surface area contributed by atoms with E-state index in [1.165, 1.54) is 6.07 Å². The first kappa shape index (κ1) is 39.6. The molecular formula is C48H43N3O9. The van der Waals surface area contributed by atoms with Crippen LogP contribution in [0.4, 0.5) is 0 Å². The molecule has 12 nitrogen and oxygen atoms in total. The third-order valence-electron chi connectivity index (χ3n) is 9.79. The quantitative estimate of drug-likeness (QED) is 0.0725. The second-order valence-corrected chi connectivity index (χ2v) is 14.0. The largest absolute Gasteiger partial charge is 0.497 e. The molecule has 0 atom stereocenters. The minimum Gasteiger partial charge on any atom is -0.497 e. The van der Waals surface area contributed by atoms with Gasteiger partial charge < -0.3 is 32.5 Å². The van der Waals surface area contributed by atoms with Gasteiger partial charge in [-0.1, -0.05) is 59.8 Å². The van der Waals surface area contributed by atoms with Crippen LogP contribution >= 0.6 is 0 Å². The van der Waals surface area contributed by atoms with E-state index in [4.69, 9.17) is 32.5 Å². The smallest absolute Gasteiger partial charge is 0.235 e. The van der Waals surface area contributed by atoms with E-state index in [9.17, 15) is 9.59 Å². The molecule has 0 aliphatic heterocycles. The van der Waals surface area contributed by atoms with Crippen molar-refractivity contribution in [3.63, 3.8) is 0 Å². The lowest BCUT2D eigenvalue weighted by Gasteiger charge is -2.13. The summed E-state index contributed by atoms with van der Waals surface area (Å²) in [6.07, 6.45) is 4.41. The van der Waals surface area contributed by atoms with Crippen LogP contribution in [0.5, 0.6) is 23.0 Å². The Hall–Kier alpha value is -7.18. The maximum atomic E-state index is 13.6. The molecule has 0 spiro atoms. The summed E-state index contributed by atoms with van der Waals surface area (Å²) in [5.41, 5.74) is 3.92. The van der Waals surface area contributed by atoms with Gasteiger partial charge in [0.05, 0.1) is 49.9 Å². The number of fused-ring (bicyclic) bond motifs is 2. The average molecular weight is 806 g/mol. The number of rotatable bonds is 19. The van der Waals surface area contributed by atoms with Crippen molar-refractivity contribution in [1.29, 1.82) is 0 Å². The summed E-state index contributed by atoms with van der Waals surface area (Å²) in [4.78, 5) is 26.2. The maximum Gasteiger partial charge on any atom is 0.235 e. The van der Waals surface area contributed by atoms with E-state index in [0.29, 0.717) is 89.2 Å². The summed E-state index contributed by atoms with van der Waals surface area (Å²) < 4.78 is 43.2. The number of aromatic nitrogens is 3. The summed E-state index contributed by atoms with van der Waals surface area (Å²) in [5.74, 6) is 3.01. The lowest BCUT2D eigenvalue weighted by atomic mass is 10.1. The van der Waals surface area contributed by atoms with Crippen molar-refractivity contribution in [1.82, 2.24) is 15.0 Å². The van der Waals surface area contributed by atoms with Crippen LogP contribution < -0.4 is 29.8 Å². The van der Waals surface area contributed by atoms with Crippen LogP contribution in [0.2, 0.25) is 0 Å². The highest BCUT2D eigenvalue weighted by Crippen LogP contribution is 2.33. The number of aryl methyl sites for hydroxylation is 1. The first-order valence-corrected chi connectivity index (χ1v) is 19.8. The van der Waals surface area contributed by atoms with Gasteiger partial charge in [0.1, 0.15) is 47.4 Å². The van der Waals surface area contributed by atoms with Gasteiger partial charge in [0.2, 0.25) is 11.2 Å². The zero-order valence-electron chi connectivity index (χ0n) is 33.1. The molecule has 0 bridgehead atoms. The van der Waals surface area contributed by atoms with Crippen LogP contribution in [0.15, 0.2) is 152 Å². The van der Waals surface area contributed by atoms with Gasteiger partial charge in [0, 0.05) is 29.5 Å². The SMILES string of the molecule is COc1cccc(COc2c(-c3ccc(OCCOCCn4cc(CCCCOc5ccc6c(=O)cc(-c7ccccc7)oc6c5)nn4)cc3)oc3ccccc3c2=O)c1. The minimum absolute atomic E-state index is 0.0885. The second kappa shape index (κ2) is 19.0. The third kappa shape index (κ3) is 9.74. The predicted molar refractivity (Wildman–Crippen MR) is 228 cm³/mol. The zero-order valence-corrected chi connectivity index (χ0v) is 33.1. The third-order valence-corrected chi connectivity index (χ3v) is 9.79.